The van der Waals surface area contributed by atoms with Gasteiger partial charge in [0.2, 0.25) is 5.91 Å². The molecule has 1 N–H and O–H groups in total. The standard InChI is InChI=1S/C24H25N3O3/c1-3-22(28)26-12-14-27(15-13-26)23(29)25-24(10-11-24)9-8-18-4-5-20-17-21(30-2)7-6-19(20)16-18/h3-7,16-17H,1,10-15H2,2H3,(H,25,29). The number of ether oxygens (including phenoxy) is 1. The minimum atomic E-state index is -0.444. The van der Waals surface area contributed by atoms with Crippen LogP contribution in [0.1, 0.15) is 18.4 Å². The number of piperazine rings is 1. The first-order chi connectivity index (χ1) is 14.5. The molecule has 6 heteroatoms. The molecule has 0 bridgehead atoms. The van der Waals surface area contributed by atoms with Crippen LogP contribution in [0.25, 0.3) is 10.8 Å². The Labute approximate surface area is 176 Å². The molecular formula is C24H25N3O3. The summed E-state index contributed by atoms with van der Waals surface area (Å²) >= 11 is 0. The molecular weight excluding hydrogens is 378 g/mol. The van der Waals surface area contributed by atoms with Gasteiger partial charge < -0.3 is 19.9 Å². The Kier molecular flexibility index (Phi) is 5.37. The molecule has 2 aliphatic rings. The monoisotopic (exact) mass is 403 g/mol. The second kappa shape index (κ2) is 8.11. The van der Waals surface area contributed by atoms with Crippen LogP contribution < -0.4 is 10.1 Å². The molecule has 1 aliphatic heterocycles. The van der Waals surface area contributed by atoms with Gasteiger partial charge in [-0.25, -0.2) is 4.79 Å². The smallest absolute Gasteiger partial charge is 0.318 e. The summed E-state index contributed by atoms with van der Waals surface area (Å²) in [5.74, 6) is 7.24. The summed E-state index contributed by atoms with van der Waals surface area (Å²) < 4.78 is 5.27. The van der Waals surface area contributed by atoms with Crippen LogP contribution in [0.15, 0.2) is 49.1 Å². The molecule has 2 aromatic rings. The molecule has 0 spiro atoms. The molecule has 3 amide bonds. The van der Waals surface area contributed by atoms with Gasteiger partial charge >= 0.3 is 6.03 Å². The fraction of sp³-hybridized carbons (Fsp3) is 0.333. The number of hydrogen-bond donors (Lipinski definition) is 1. The Morgan fingerprint density at radius 1 is 1.07 bits per heavy atom. The number of nitrogens with zero attached hydrogens (tertiary/aromatic N) is 2. The van der Waals surface area contributed by atoms with E-state index in [1.165, 1.54) is 6.08 Å². The molecule has 0 atom stereocenters. The van der Waals surface area contributed by atoms with Gasteiger partial charge in [-0.3, -0.25) is 4.79 Å². The third-order valence-corrected chi connectivity index (χ3v) is 5.64. The highest BCUT2D eigenvalue weighted by atomic mass is 16.5. The maximum Gasteiger partial charge on any atom is 0.318 e. The van der Waals surface area contributed by atoms with Crippen molar-refractivity contribution in [2.45, 2.75) is 18.4 Å². The lowest BCUT2D eigenvalue weighted by atomic mass is 10.1. The van der Waals surface area contributed by atoms with E-state index in [4.69, 9.17) is 4.74 Å². The lowest BCUT2D eigenvalue weighted by molar-refractivity contribution is -0.127. The van der Waals surface area contributed by atoms with Gasteiger partial charge in [-0.05, 0) is 54.0 Å². The van der Waals surface area contributed by atoms with Gasteiger partial charge in [0, 0.05) is 31.7 Å². The van der Waals surface area contributed by atoms with Gasteiger partial charge in [-0.15, -0.1) is 0 Å². The normalized spacial score (nSPS) is 17.0. The van der Waals surface area contributed by atoms with Crippen molar-refractivity contribution in [1.82, 2.24) is 15.1 Å². The zero-order valence-corrected chi connectivity index (χ0v) is 17.1. The Morgan fingerprint density at radius 2 is 1.73 bits per heavy atom. The average Bonchev–Trinajstić information content (AvgIpc) is 3.56. The SMILES string of the molecule is C=CC(=O)N1CCN(C(=O)NC2(C#Cc3ccc4cc(OC)ccc4c3)CC2)CC1. The number of amides is 3. The topological polar surface area (TPSA) is 61.9 Å². The third-order valence-electron chi connectivity index (χ3n) is 5.64. The number of benzene rings is 2. The van der Waals surface area contributed by atoms with Crippen LogP contribution in [0.5, 0.6) is 5.75 Å². The van der Waals surface area contributed by atoms with E-state index in [1.807, 2.05) is 30.3 Å². The van der Waals surface area contributed by atoms with E-state index < -0.39 is 5.54 Å². The summed E-state index contributed by atoms with van der Waals surface area (Å²) in [5, 5.41) is 5.29. The second-order valence-corrected chi connectivity index (χ2v) is 7.71. The first-order valence-corrected chi connectivity index (χ1v) is 10.1. The number of carbonyl (C=O) groups excluding carboxylic acids is 2. The van der Waals surface area contributed by atoms with Crippen molar-refractivity contribution in [1.29, 1.82) is 0 Å². The molecule has 30 heavy (non-hydrogen) atoms. The summed E-state index contributed by atoms with van der Waals surface area (Å²) in [7, 11) is 1.66. The minimum Gasteiger partial charge on any atom is -0.497 e. The number of rotatable bonds is 3. The minimum absolute atomic E-state index is 0.0894. The van der Waals surface area contributed by atoms with Gasteiger partial charge in [0.25, 0.3) is 0 Å². The lowest BCUT2D eigenvalue weighted by Crippen LogP contribution is -2.54. The quantitative estimate of drug-likeness (QED) is 0.633. The molecule has 154 valence electrons. The highest BCUT2D eigenvalue weighted by molar-refractivity contribution is 5.87. The van der Waals surface area contributed by atoms with E-state index in [0.29, 0.717) is 26.2 Å². The van der Waals surface area contributed by atoms with E-state index >= 15 is 0 Å². The number of fused-ring (bicyclic) bond motifs is 1. The van der Waals surface area contributed by atoms with E-state index in [-0.39, 0.29) is 11.9 Å². The maximum absolute atomic E-state index is 12.7. The Hall–Kier alpha value is -3.46. The Morgan fingerprint density at radius 3 is 2.40 bits per heavy atom. The van der Waals surface area contributed by atoms with Gasteiger partial charge in [-0.2, -0.15) is 0 Å². The summed E-state index contributed by atoms with van der Waals surface area (Å²) in [6.45, 7) is 5.60. The van der Waals surface area contributed by atoms with Crippen LogP contribution in [0.4, 0.5) is 4.79 Å². The van der Waals surface area contributed by atoms with Gasteiger partial charge in [0.05, 0.1) is 7.11 Å². The van der Waals surface area contributed by atoms with Crippen LogP contribution in [0.3, 0.4) is 0 Å². The number of carbonyl (C=O) groups is 2. The summed E-state index contributed by atoms with van der Waals surface area (Å²) in [6.07, 6.45) is 3.02. The molecule has 2 aromatic carbocycles. The van der Waals surface area contributed by atoms with Crippen molar-refractivity contribution >= 4 is 22.7 Å². The highest BCUT2D eigenvalue weighted by Gasteiger charge is 2.43. The molecule has 6 nitrogen and oxygen atoms in total. The molecule has 2 fully saturated rings. The molecule has 1 saturated carbocycles. The van der Waals surface area contributed by atoms with E-state index in [9.17, 15) is 9.59 Å². The second-order valence-electron chi connectivity index (χ2n) is 7.71. The summed E-state index contributed by atoms with van der Waals surface area (Å²) in [6, 6.07) is 11.9. The lowest BCUT2D eigenvalue weighted by Gasteiger charge is -2.34. The van der Waals surface area contributed by atoms with Crippen molar-refractivity contribution < 1.29 is 14.3 Å². The number of nitrogens with one attached hydrogen (secondary N) is 1. The van der Waals surface area contributed by atoms with Crippen molar-refractivity contribution in [2.75, 3.05) is 33.3 Å². The fourth-order valence-corrected chi connectivity index (χ4v) is 3.57. The maximum atomic E-state index is 12.7. The highest BCUT2D eigenvalue weighted by Crippen LogP contribution is 2.35. The first-order valence-electron chi connectivity index (χ1n) is 10.1. The molecule has 0 aromatic heterocycles. The third kappa shape index (κ3) is 4.25. The molecule has 0 radical (unpaired) electrons. The van der Waals surface area contributed by atoms with Gasteiger partial charge in [-0.1, -0.05) is 30.6 Å². The van der Waals surface area contributed by atoms with E-state index in [2.05, 4.69) is 29.8 Å². The van der Waals surface area contributed by atoms with Gasteiger partial charge in [0.15, 0.2) is 0 Å². The predicted octanol–water partition coefficient (Wildman–Crippen LogP) is 2.77. The average molecular weight is 403 g/mol. The van der Waals surface area contributed by atoms with Crippen LogP contribution in [-0.4, -0.2) is 60.6 Å². The van der Waals surface area contributed by atoms with Crippen LogP contribution in [0.2, 0.25) is 0 Å². The van der Waals surface area contributed by atoms with Crippen LogP contribution in [-0.2, 0) is 4.79 Å². The molecule has 4 rings (SSSR count). The Balaban J connectivity index is 1.39. The van der Waals surface area contributed by atoms with E-state index in [1.54, 1.807) is 16.9 Å². The summed E-state index contributed by atoms with van der Waals surface area (Å²) in [4.78, 5) is 27.8. The molecule has 1 aliphatic carbocycles. The Bertz CT molecular complexity index is 1050. The molecule has 1 saturated heterocycles. The van der Waals surface area contributed by atoms with Crippen molar-refractivity contribution in [3.05, 3.63) is 54.6 Å². The van der Waals surface area contributed by atoms with Crippen molar-refractivity contribution in [3.63, 3.8) is 0 Å². The van der Waals surface area contributed by atoms with Crippen molar-refractivity contribution in [2.24, 2.45) is 0 Å². The molecule has 1 heterocycles. The number of hydrogen-bond acceptors (Lipinski definition) is 3. The first kappa shape index (κ1) is 19.8. The van der Waals surface area contributed by atoms with Crippen LogP contribution >= 0.6 is 0 Å². The number of urea groups is 1. The van der Waals surface area contributed by atoms with E-state index in [0.717, 1.165) is 34.9 Å². The van der Waals surface area contributed by atoms with Crippen molar-refractivity contribution in [3.8, 4) is 17.6 Å². The predicted molar refractivity (Wildman–Crippen MR) is 116 cm³/mol. The van der Waals surface area contributed by atoms with Gasteiger partial charge in [0.1, 0.15) is 11.3 Å². The summed E-state index contributed by atoms with van der Waals surface area (Å²) in [5.41, 5.74) is 0.477. The molecule has 0 unspecified atom stereocenters. The largest absolute Gasteiger partial charge is 0.497 e. The van der Waals surface area contributed by atoms with Crippen LogP contribution in [0, 0.1) is 11.8 Å². The fourth-order valence-electron chi connectivity index (χ4n) is 3.57. The number of methoxy groups -OCH3 is 1. The zero-order valence-electron chi connectivity index (χ0n) is 17.1. The zero-order chi connectivity index (χ0) is 21.1.